The molecule has 0 bridgehead atoms. The molecule has 0 unspecified atom stereocenters. The fraction of sp³-hybridized carbons (Fsp3) is 0.0769. The molecule has 146 valence electrons. The first kappa shape index (κ1) is 20.5. The van der Waals surface area contributed by atoms with E-state index in [1.807, 2.05) is 72.8 Å². The minimum atomic E-state index is 0. The van der Waals surface area contributed by atoms with E-state index in [1.54, 1.807) is 12.4 Å². The Hall–Kier alpha value is -3.75. The maximum Gasteiger partial charge on any atom is 0.169 e. The molecule has 0 saturated carbocycles. The van der Waals surface area contributed by atoms with Crippen molar-refractivity contribution in [2.45, 2.75) is 12.8 Å². The minimum absolute atomic E-state index is 0. The van der Waals surface area contributed by atoms with E-state index in [4.69, 9.17) is 0 Å². The van der Waals surface area contributed by atoms with Gasteiger partial charge in [-0.3, -0.25) is 19.6 Å². The van der Waals surface area contributed by atoms with Crippen LogP contribution in [0.25, 0.3) is 34.0 Å². The molecule has 2 aromatic heterocycles. The molecule has 0 atom stereocenters. The van der Waals surface area contributed by atoms with Crippen molar-refractivity contribution in [3.05, 3.63) is 95.3 Å². The van der Waals surface area contributed by atoms with Crippen molar-refractivity contribution in [2.24, 2.45) is 0 Å². The van der Waals surface area contributed by atoms with Gasteiger partial charge < -0.3 is 0 Å². The van der Waals surface area contributed by atoms with Crippen LogP contribution in [0.2, 0.25) is 0 Å². The number of fused-ring (bicyclic) bond motifs is 6. The number of Topliss-reactive ketones (excluding diaryl/α,β-unsaturated/α-hetero) is 2. The quantitative estimate of drug-likeness (QED) is 0.377. The molecule has 0 aliphatic heterocycles. The second-order valence-electron chi connectivity index (χ2n) is 7.27. The molecule has 0 fully saturated rings. The second kappa shape index (κ2) is 8.55. The standard InChI is InChI=1S/2C13H9NO.Be/c2*15-11-5-1-3-9-6-7-10-4-2-8-14-13(10)12(9)11;/h2*1-4,6-8H,5H2;. The largest absolute Gasteiger partial charge is 0.294 e. The van der Waals surface area contributed by atoms with Crippen molar-refractivity contribution < 1.29 is 9.59 Å². The third kappa shape index (κ3) is 3.74. The molecule has 0 saturated heterocycles. The zero-order valence-electron chi connectivity index (χ0n) is 16.9. The van der Waals surface area contributed by atoms with E-state index >= 15 is 0 Å². The summed E-state index contributed by atoms with van der Waals surface area (Å²) in [6.07, 6.45) is 12.2. The Morgan fingerprint density at radius 1 is 0.613 bits per heavy atom. The molecule has 2 aliphatic rings. The van der Waals surface area contributed by atoms with Crippen molar-refractivity contribution in [1.82, 2.24) is 9.97 Å². The van der Waals surface area contributed by atoms with Crippen LogP contribution in [0.5, 0.6) is 0 Å². The van der Waals surface area contributed by atoms with Gasteiger partial charge in [0.05, 0.1) is 22.2 Å². The van der Waals surface area contributed by atoms with Crippen LogP contribution in [0.3, 0.4) is 0 Å². The fourth-order valence-corrected chi connectivity index (χ4v) is 3.98. The average Bonchev–Trinajstić information content (AvgIpc) is 2.79. The summed E-state index contributed by atoms with van der Waals surface area (Å²) in [5.74, 6) is 0.327. The second-order valence-corrected chi connectivity index (χ2v) is 7.27. The number of hydrogen-bond acceptors (Lipinski definition) is 4. The third-order valence-corrected chi connectivity index (χ3v) is 5.37. The van der Waals surface area contributed by atoms with E-state index < -0.39 is 0 Å². The molecule has 31 heavy (non-hydrogen) atoms. The molecule has 0 N–H and O–H groups in total. The number of rotatable bonds is 0. The zero-order chi connectivity index (χ0) is 20.5. The van der Waals surface area contributed by atoms with Crippen molar-refractivity contribution in [3.8, 4) is 0 Å². The summed E-state index contributed by atoms with van der Waals surface area (Å²) in [6, 6.07) is 15.7. The van der Waals surface area contributed by atoms with Gasteiger partial charge in [-0.1, -0.05) is 60.7 Å². The van der Waals surface area contributed by atoms with Gasteiger partial charge in [0, 0.05) is 46.1 Å². The number of allylic oxidation sites excluding steroid dienone is 2. The van der Waals surface area contributed by atoms with Crippen molar-refractivity contribution in [2.75, 3.05) is 0 Å². The van der Waals surface area contributed by atoms with Gasteiger partial charge in [0.15, 0.2) is 11.6 Å². The summed E-state index contributed by atoms with van der Waals surface area (Å²) < 4.78 is 0. The van der Waals surface area contributed by atoms with Gasteiger partial charge in [-0.2, -0.15) is 0 Å². The summed E-state index contributed by atoms with van der Waals surface area (Å²) in [7, 11) is 0. The first-order chi connectivity index (χ1) is 14.7. The normalized spacial score (nSPS) is 13.8. The SMILES string of the molecule is O=C1CC=Cc2ccc3cccnc3c21.O=C1CC=Cc2ccc3cccnc3c21.[Be]. The number of nitrogens with zero attached hydrogens (tertiary/aromatic N) is 2. The predicted octanol–water partition coefficient (Wildman–Crippen LogP) is 5.29. The van der Waals surface area contributed by atoms with Crippen LogP contribution in [-0.4, -0.2) is 31.7 Å². The Balaban J connectivity index is 0.000000144. The number of carbonyl (C=O) groups is 2. The van der Waals surface area contributed by atoms with Gasteiger partial charge >= 0.3 is 0 Å². The molecule has 2 aromatic carbocycles. The van der Waals surface area contributed by atoms with Crippen LogP contribution < -0.4 is 0 Å². The predicted molar refractivity (Wildman–Crippen MR) is 125 cm³/mol. The summed E-state index contributed by atoms with van der Waals surface area (Å²) in [5, 5.41) is 2.06. The summed E-state index contributed by atoms with van der Waals surface area (Å²) in [4.78, 5) is 32.2. The number of hydrogen-bond donors (Lipinski definition) is 0. The monoisotopic (exact) mass is 399 g/mol. The molecular formula is C26H18BeN2O2. The molecular weight excluding hydrogens is 381 g/mol. The van der Waals surface area contributed by atoms with E-state index in [-0.39, 0.29) is 21.7 Å². The molecule has 4 aromatic rings. The van der Waals surface area contributed by atoms with Gasteiger partial charge in [0.1, 0.15) is 0 Å². The van der Waals surface area contributed by atoms with E-state index in [0.717, 1.165) is 44.1 Å². The van der Waals surface area contributed by atoms with Gasteiger partial charge in [-0.25, -0.2) is 0 Å². The van der Waals surface area contributed by atoms with Gasteiger partial charge in [0.25, 0.3) is 0 Å². The molecule has 5 heteroatoms. The molecule has 0 amide bonds. The van der Waals surface area contributed by atoms with Crippen LogP contribution in [-0.2, 0) is 0 Å². The summed E-state index contributed by atoms with van der Waals surface area (Å²) >= 11 is 0. The molecule has 2 radical (unpaired) electrons. The fourth-order valence-electron chi connectivity index (χ4n) is 3.98. The number of ketones is 2. The summed E-state index contributed by atoms with van der Waals surface area (Å²) in [5.41, 5.74) is 5.16. The van der Waals surface area contributed by atoms with Crippen molar-refractivity contribution in [1.29, 1.82) is 0 Å². The smallest absolute Gasteiger partial charge is 0.169 e. The first-order valence-electron chi connectivity index (χ1n) is 9.87. The van der Waals surface area contributed by atoms with Crippen LogP contribution in [0, 0.1) is 0 Å². The zero-order valence-corrected chi connectivity index (χ0v) is 16.9. The minimum Gasteiger partial charge on any atom is -0.294 e. The van der Waals surface area contributed by atoms with Crippen LogP contribution in [0.1, 0.15) is 44.7 Å². The maximum absolute atomic E-state index is 11.8. The molecule has 4 nitrogen and oxygen atoms in total. The van der Waals surface area contributed by atoms with E-state index in [1.165, 1.54) is 0 Å². The molecule has 6 rings (SSSR count). The molecule has 2 heterocycles. The van der Waals surface area contributed by atoms with Gasteiger partial charge in [0.2, 0.25) is 0 Å². The van der Waals surface area contributed by atoms with E-state index in [9.17, 15) is 9.59 Å². The Morgan fingerprint density at radius 3 is 1.52 bits per heavy atom. The van der Waals surface area contributed by atoms with Gasteiger partial charge in [-0.15, -0.1) is 0 Å². The number of pyridine rings is 2. The average molecular weight is 399 g/mol. The Labute approximate surface area is 183 Å². The summed E-state index contributed by atoms with van der Waals surface area (Å²) in [6.45, 7) is 0. The molecule has 0 spiro atoms. The van der Waals surface area contributed by atoms with E-state index in [0.29, 0.717) is 12.8 Å². The Kier molecular flexibility index (Phi) is 5.66. The van der Waals surface area contributed by atoms with Gasteiger partial charge in [-0.05, 0) is 23.3 Å². The number of aromatic nitrogens is 2. The van der Waals surface area contributed by atoms with Crippen LogP contribution in [0.15, 0.2) is 73.1 Å². The Bertz CT molecular complexity index is 1280. The number of benzene rings is 2. The number of carbonyl (C=O) groups excluding carboxylic acids is 2. The van der Waals surface area contributed by atoms with Crippen LogP contribution in [0.4, 0.5) is 0 Å². The van der Waals surface area contributed by atoms with Crippen molar-refractivity contribution in [3.63, 3.8) is 0 Å². The van der Waals surface area contributed by atoms with E-state index in [2.05, 4.69) is 9.97 Å². The third-order valence-electron chi connectivity index (χ3n) is 5.37. The Morgan fingerprint density at radius 2 is 1.06 bits per heavy atom. The van der Waals surface area contributed by atoms with Crippen LogP contribution >= 0.6 is 0 Å². The molecule has 2 aliphatic carbocycles. The first-order valence-corrected chi connectivity index (χ1v) is 9.87. The maximum atomic E-state index is 11.8. The topological polar surface area (TPSA) is 59.9 Å². The van der Waals surface area contributed by atoms with Crippen molar-refractivity contribution >= 4 is 55.6 Å².